The minimum absolute atomic E-state index is 0.0405. The molecule has 0 saturated heterocycles. The zero-order chi connectivity index (χ0) is 12.4. The van der Waals surface area contributed by atoms with Crippen LogP contribution in [0.4, 0.5) is 4.79 Å². The lowest BCUT2D eigenvalue weighted by molar-refractivity contribution is -0.124. The highest BCUT2D eigenvalue weighted by Crippen LogP contribution is 1.99. The van der Waals surface area contributed by atoms with E-state index in [1.807, 2.05) is 13.8 Å². The molecule has 5 heteroatoms. The Balaban J connectivity index is 3.43. The van der Waals surface area contributed by atoms with Gasteiger partial charge in [-0.2, -0.15) is 0 Å². The first-order valence-corrected chi connectivity index (χ1v) is 5.44. The largest absolute Gasteiger partial charge is 0.419 e. The lowest BCUT2D eigenvalue weighted by Crippen LogP contribution is -2.32. The molecule has 0 aromatic rings. The maximum atomic E-state index is 11.3. The summed E-state index contributed by atoms with van der Waals surface area (Å²) in [6.07, 6.45) is 2.05. The number of carbonyl (C=O) groups excluding carboxylic acids is 2. The first-order valence-electron chi connectivity index (χ1n) is 5.44. The Hall–Kier alpha value is -1.52. The lowest BCUT2D eigenvalue weighted by atomic mass is 10.1. The molecule has 0 rings (SSSR count). The van der Waals surface area contributed by atoms with Crippen molar-refractivity contribution in [3.8, 4) is 0 Å². The summed E-state index contributed by atoms with van der Waals surface area (Å²) in [5.74, 6) is 0.0925. The van der Waals surface area contributed by atoms with Gasteiger partial charge in [-0.05, 0) is 12.8 Å². The van der Waals surface area contributed by atoms with E-state index >= 15 is 0 Å². The molecular formula is C11H20N2O3. The Morgan fingerprint density at radius 2 is 2.00 bits per heavy atom. The zero-order valence-electron chi connectivity index (χ0n) is 9.91. The number of hydrogen-bond donors (Lipinski definition) is 2. The van der Waals surface area contributed by atoms with Gasteiger partial charge in [0.05, 0.1) is 6.26 Å². The van der Waals surface area contributed by atoms with Gasteiger partial charge in [0.1, 0.15) is 0 Å². The Labute approximate surface area is 96.2 Å². The highest BCUT2D eigenvalue weighted by molar-refractivity contribution is 5.78. The van der Waals surface area contributed by atoms with E-state index < -0.39 is 6.09 Å². The van der Waals surface area contributed by atoms with Gasteiger partial charge in [0.15, 0.2) is 0 Å². The fraction of sp³-hybridized carbons (Fsp3) is 0.636. The SMILES string of the molecule is C=COC(=O)NCCCNC(=O)C(C)CC. The van der Waals surface area contributed by atoms with Crippen molar-refractivity contribution in [2.75, 3.05) is 13.1 Å². The van der Waals surface area contributed by atoms with Crippen LogP contribution < -0.4 is 10.6 Å². The van der Waals surface area contributed by atoms with E-state index in [1.54, 1.807) is 0 Å². The van der Waals surface area contributed by atoms with Gasteiger partial charge in [0, 0.05) is 19.0 Å². The van der Waals surface area contributed by atoms with E-state index in [-0.39, 0.29) is 11.8 Å². The van der Waals surface area contributed by atoms with Crippen LogP contribution in [0.15, 0.2) is 12.8 Å². The van der Waals surface area contributed by atoms with Gasteiger partial charge < -0.3 is 15.4 Å². The van der Waals surface area contributed by atoms with E-state index in [9.17, 15) is 9.59 Å². The van der Waals surface area contributed by atoms with Gasteiger partial charge >= 0.3 is 6.09 Å². The van der Waals surface area contributed by atoms with Crippen molar-refractivity contribution >= 4 is 12.0 Å². The maximum Gasteiger partial charge on any atom is 0.411 e. The second-order valence-electron chi connectivity index (χ2n) is 3.45. The molecule has 2 amide bonds. The molecular weight excluding hydrogens is 208 g/mol. The summed E-state index contributed by atoms with van der Waals surface area (Å²) >= 11 is 0. The number of alkyl carbamates (subject to hydrolysis) is 1. The van der Waals surface area contributed by atoms with Crippen molar-refractivity contribution < 1.29 is 14.3 Å². The molecule has 0 bridgehead atoms. The topological polar surface area (TPSA) is 67.4 Å². The molecule has 0 fully saturated rings. The molecule has 0 saturated carbocycles. The molecule has 0 spiro atoms. The van der Waals surface area contributed by atoms with Crippen molar-refractivity contribution in [2.24, 2.45) is 5.92 Å². The van der Waals surface area contributed by atoms with Crippen LogP contribution in [0.1, 0.15) is 26.7 Å². The average Bonchev–Trinajstić information content (AvgIpc) is 2.27. The van der Waals surface area contributed by atoms with Crippen molar-refractivity contribution in [3.05, 3.63) is 12.8 Å². The predicted octanol–water partition coefficient (Wildman–Crippen LogP) is 1.41. The number of rotatable bonds is 7. The van der Waals surface area contributed by atoms with Gasteiger partial charge in [-0.1, -0.05) is 20.4 Å². The van der Waals surface area contributed by atoms with Crippen LogP contribution in [0.2, 0.25) is 0 Å². The zero-order valence-corrected chi connectivity index (χ0v) is 9.91. The molecule has 0 aliphatic heterocycles. The van der Waals surface area contributed by atoms with Crippen molar-refractivity contribution in [1.29, 1.82) is 0 Å². The van der Waals surface area contributed by atoms with E-state index in [0.717, 1.165) is 12.7 Å². The predicted molar refractivity (Wildman–Crippen MR) is 61.8 cm³/mol. The molecule has 5 nitrogen and oxygen atoms in total. The van der Waals surface area contributed by atoms with E-state index in [4.69, 9.17) is 0 Å². The van der Waals surface area contributed by atoms with E-state index in [1.165, 1.54) is 0 Å². The minimum Gasteiger partial charge on any atom is -0.419 e. The van der Waals surface area contributed by atoms with E-state index in [0.29, 0.717) is 19.5 Å². The fourth-order valence-electron chi connectivity index (χ4n) is 0.967. The Bertz CT molecular complexity index is 241. The van der Waals surface area contributed by atoms with Crippen LogP contribution >= 0.6 is 0 Å². The maximum absolute atomic E-state index is 11.3. The second-order valence-corrected chi connectivity index (χ2v) is 3.45. The van der Waals surface area contributed by atoms with Crippen LogP contribution in [-0.4, -0.2) is 25.1 Å². The normalized spacial score (nSPS) is 11.4. The molecule has 0 aromatic carbocycles. The van der Waals surface area contributed by atoms with Crippen LogP contribution in [0.5, 0.6) is 0 Å². The first-order chi connectivity index (χ1) is 7.61. The molecule has 1 atom stereocenters. The third-order valence-corrected chi connectivity index (χ3v) is 2.17. The van der Waals surface area contributed by atoms with Crippen molar-refractivity contribution in [3.63, 3.8) is 0 Å². The smallest absolute Gasteiger partial charge is 0.411 e. The molecule has 0 radical (unpaired) electrons. The van der Waals surface area contributed by atoms with Gasteiger partial charge in [-0.25, -0.2) is 4.79 Å². The number of carbonyl (C=O) groups is 2. The van der Waals surface area contributed by atoms with Gasteiger partial charge in [-0.3, -0.25) is 4.79 Å². The molecule has 0 aromatic heterocycles. The fourth-order valence-corrected chi connectivity index (χ4v) is 0.967. The Morgan fingerprint density at radius 3 is 2.56 bits per heavy atom. The molecule has 0 aliphatic rings. The van der Waals surface area contributed by atoms with Crippen LogP contribution in [0.25, 0.3) is 0 Å². The van der Waals surface area contributed by atoms with E-state index in [2.05, 4.69) is 21.9 Å². The third kappa shape index (κ3) is 6.86. The van der Waals surface area contributed by atoms with Crippen LogP contribution in [0, 0.1) is 5.92 Å². The monoisotopic (exact) mass is 228 g/mol. The Morgan fingerprint density at radius 1 is 1.38 bits per heavy atom. The highest BCUT2D eigenvalue weighted by Gasteiger charge is 2.08. The lowest BCUT2D eigenvalue weighted by Gasteiger charge is -2.09. The summed E-state index contributed by atoms with van der Waals surface area (Å²) in [6.45, 7) is 8.13. The first kappa shape index (κ1) is 14.5. The number of hydrogen-bond acceptors (Lipinski definition) is 3. The summed E-state index contributed by atoms with van der Waals surface area (Å²) < 4.78 is 4.45. The summed E-state index contributed by atoms with van der Waals surface area (Å²) in [5.41, 5.74) is 0. The van der Waals surface area contributed by atoms with Crippen LogP contribution in [0.3, 0.4) is 0 Å². The molecule has 0 heterocycles. The van der Waals surface area contributed by atoms with Crippen LogP contribution in [-0.2, 0) is 9.53 Å². The third-order valence-electron chi connectivity index (χ3n) is 2.17. The number of amides is 2. The van der Waals surface area contributed by atoms with Gasteiger partial charge in [0.2, 0.25) is 5.91 Å². The second kappa shape index (κ2) is 8.76. The number of ether oxygens (including phenoxy) is 1. The summed E-state index contributed by atoms with van der Waals surface area (Å²) in [7, 11) is 0. The molecule has 1 unspecified atom stereocenters. The minimum atomic E-state index is -0.525. The molecule has 2 N–H and O–H groups in total. The summed E-state index contributed by atoms with van der Waals surface area (Å²) in [4.78, 5) is 22.1. The Kier molecular flexibility index (Phi) is 7.93. The standard InChI is InChI=1S/C11H20N2O3/c1-4-9(3)10(14)12-7-6-8-13-11(15)16-5-2/h5,9H,2,4,6-8H2,1,3H3,(H,12,14)(H,13,15). The highest BCUT2D eigenvalue weighted by atomic mass is 16.5. The van der Waals surface area contributed by atoms with Crippen molar-refractivity contribution in [2.45, 2.75) is 26.7 Å². The summed E-state index contributed by atoms with van der Waals surface area (Å²) in [5, 5.41) is 5.30. The molecule has 0 aliphatic carbocycles. The van der Waals surface area contributed by atoms with Crippen molar-refractivity contribution in [1.82, 2.24) is 10.6 Å². The summed E-state index contributed by atoms with van der Waals surface area (Å²) in [6, 6.07) is 0. The quantitative estimate of drug-likeness (QED) is 0.511. The number of nitrogens with one attached hydrogen (secondary N) is 2. The average molecular weight is 228 g/mol. The molecule has 16 heavy (non-hydrogen) atoms. The van der Waals surface area contributed by atoms with Gasteiger partial charge in [-0.15, -0.1) is 0 Å². The van der Waals surface area contributed by atoms with Gasteiger partial charge in [0.25, 0.3) is 0 Å². The molecule has 92 valence electrons.